The first-order chi connectivity index (χ1) is 14.0. The molecule has 1 amide bonds. The molecule has 0 aromatic heterocycles. The largest absolute Gasteiger partial charge is 0.493 e. The van der Waals surface area contributed by atoms with E-state index < -0.39 is 5.97 Å². The summed E-state index contributed by atoms with van der Waals surface area (Å²) in [4.78, 5) is 22.7. The number of carboxylic acid groups (broad SMARTS) is 1. The van der Waals surface area contributed by atoms with Gasteiger partial charge in [-0.25, -0.2) is 0 Å². The molecule has 0 atom stereocenters. The summed E-state index contributed by atoms with van der Waals surface area (Å²) in [7, 11) is 1.58. The molecule has 0 unspecified atom stereocenters. The highest BCUT2D eigenvalue weighted by Crippen LogP contribution is 2.29. The van der Waals surface area contributed by atoms with Crippen molar-refractivity contribution in [1.82, 2.24) is 5.32 Å². The Morgan fingerprint density at radius 3 is 2.59 bits per heavy atom. The molecule has 2 rings (SSSR count). The predicted molar refractivity (Wildman–Crippen MR) is 113 cm³/mol. The van der Waals surface area contributed by atoms with Gasteiger partial charge in [-0.1, -0.05) is 13.0 Å². The number of nitrogens with one attached hydrogen (secondary N) is 1. The number of hydrogen-bond donors (Lipinski definition) is 2. The molecule has 0 saturated heterocycles. The molecule has 6 nitrogen and oxygen atoms in total. The first-order valence-corrected chi connectivity index (χ1v) is 10.5. The van der Waals surface area contributed by atoms with E-state index in [1.807, 2.05) is 18.2 Å². The van der Waals surface area contributed by atoms with Crippen LogP contribution in [0.2, 0.25) is 0 Å². The highest BCUT2D eigenvalue weighted by atomic mass is 16.5. The fraction of sp³-hybridized carbons (Fsp3) is 0.565. The van der Waals surface area contributed by atoms with E-state index in [0.29, 0.717) is 24.5 Å². The van der Waals surface area contributed by atoms with Crippen molar-refractivity contribution in [3.63, 3.8) is 0 Å². The lowest BCUT2D eigenvalue weighted by Crippen LogP contribution is -2.36. The van der Waals surface area contributed by atoms with Crippen molar-refractivity contribution in [3.05, 3.63) is 29.8 Å². The molecule has 0 spiro atoms. The summed E-state index contributed by atoms with van der Waals surface area (Å²) in [6.07, 6.45) is 10.2. The molecule has 1 aromatic rings. The van der Waals surface area contributed by atoms with Crippen molar-refractivity contribution in [2.45, 2.75) is 64.3 Å². The number of benzene rings is 1. The first-order valence-electron chi connectivity index (χ1n) is 10.5. The highest BCUT2D eigenvalue weighted by molar-refractivity contribution is 5.92. The Labute approximate surface area is 173 Å². The third kappa shape index (κ3) is 8.59. The lowest BCUT2D eigenvalue weighted by molar-refractivity contribution is -0.137. The Kier molecular flexibility index (Phi) is 9.54. The van der Waals surface area contributed by atoms with Crippen LogP contribution in [0, 0.1) is 5.92 Å². The Bertz CT molecular complexity index is 693. The van der Waals surface area contributed by atoms with Crippen molar-refractivity contribution >= 4 is 18.0 Å². The van der Waals surface area contributed by atoms with Gasteiger partial charge in [-0.2, -0.15) is 0 Å². The lowest BCUT2D eigenvalue weighted by atomic mass is 9.87. The average molecular weight is 404 g/mol. The van der Waals surface area contributed by atoms with Crippen LogP contribution in [-0.2, 0) is 9.59 Å². The average Bonchev–Trinajstić information content (AvgIpc) is 2.71. The molecule has 0 radical (unpaired) electrons. The van der Waals surface area contributed by atoms with Crippen molar-refractivity contribution in [3.8, 4) is 11.5 Å². The van der Waals surface area contributed by atoms with Gasteiger partial charge in [0.1, 0.15) is 0 Å². The van der Waals surface area contributed by atoms with Crippen LogP contribution in [0.5, 0.6) is 11.5 Å². The smallest absolute Gasteiger partial charge is 0.303 e. The first kappa shape index (κ1) is 22.8. The Balaban J connectivity index is 1.80. The molecule has 1 aliphatic rings. The normalized spacial score (nSPS) is 19.1. The van der Waals surface area contributed by atoms with Crippen LogP contribution in [-0.4, -0.2) is 36.7 Å². The van der Waals surface area contributed by atoms with Crippen LogP contribution in [0.3, 0.4) is 0 Å². The van der Waals surface area contributed by atoms with Gasteiger partial charge in [0, 0.05) is 18.5 Å². The van der Waals surface area contributed by atoms with Gasteiger partial charge in [0.2, 0.25) is 5.91 Å². The van der Waals surface area contributed by atoms with Crippen LogP contribution in [0.4, 0.5) is 0 Å². The molecule has 1 aromatic carbocycles. The lowest BCUT2D eigenvalue weighted by Gasteiger charge is -2.26. The topological polar surface area (TPSA) is 84.9 Å². The highest BCUT2D eigenvalue weighted by Gasteiger charge is 2.18. The number of amides is 1. The molecule has 0 aliphatic heterocycles. The molecule has 160 valence electrons. The Morgan fingerprint density at radius 1 is 1.14 bits per heavy atom. The Hall–Kier alpha value is -2.50. The second-order valence-corrected chi connectivity index (χ2v) is 7.76. The third-order valence-corrected chi connectivity index (χ3v) is 5.27. The van der Waals surface area contributed by atoms with Gasteiger partial charge < -0.3 is 19.9 Å². The SMILES string of the molecule is COc1cc(C=CC(=O)NC2CCC(C)CC2)ccc1OCCCCCC(=O)O. The maximum absolute atomic E-state index is 12.2. The fourth-order valence-electron chi connectivity index (χ4n) is 3.47. The minimum Gasteiger partial charge on any atom is -0.493 e. The summed E-state index contributed by atoms with van der Waals surface area (Å²) >= 11 is 0. The van der Waals surface area contributed by atoms with Gasteiger partial charge in [0.05, 0.1) is 13.7 Å². The van der Waals surface area contributed by atoms with E-state index in [0.717, 1.165) is 37.2 Å². The minimum atomic E-state index is -0.766. The van der Waals surface area contributed by atoms with Crippen LogP contribution in [0.1, 0.15) is 63.9 Å². The summed E-state index contributed by atoms with van der Waals surface area (Å²) in [6.45, 7) is 2.77. The van der Waals surface area contributed by atoms with Crippen LogP contribution >= 0.6 is 0 Å². The molecule has 0 heterocycles. The molecule has 1 saturated carbocycles. The number of aliphatic carboxylic acids is 1. The molecule has 0 bridgehead atoms. The molecule has 6 heteroatoms. The van der Waals surface area contributed by atoms with E-state index in [-0.39, 0.29) is 18.4 Å². The standard InChI is InChI=1S/C23H33NO5/c1-17-7-11-19(12-8-17)24-22(25)14-10-18-9-13-20(21(16-18)28-2)29-15-5-3-4-6-23(26)27/h9-10,13-14,16-17,19H,3-8,11-12,15H2,1-2H3,(H,24,25)(H,26,27). The number of carbonyl (C=O) groups excluding carboxylic acids is 1. The zero-order valence-corrected chi connectivity index (χ0v) is 17.5. The Morgan fingerprint density at radius 2 is 1.90 bits per heavy atom. The van der Waals surface area contributed by atoms with E-state index in [2.05, 4.69) is 12.2 Å². The van der Waals surface area contributed by atoms with Crippen LogP contribution in [0.25, 0.3) is 6.08 Å². The van der Waals surface area contributed by atoms with Gasteiger partial charge in [-0.15, -0.1) is 0 Å². The van der Waals surface area contributed by atoms with Crippen LogP contribution < -0.4 is 14.8 Å². The van der Waals surface area contributed by atoms with Crippen molar-refractivity contribution in [2.24, 2.45) is 5.92 Å². The second-order valence-electron chi connectivity index (χ2n) is 7.76. The number of rotatable bonds is 11. The zero-order valence-electron chi connectivity index (χ0n) is 17.5. The van der Waals surface area contributed by atoms with Crippen molar-refractivity contribution in [1.29, 1.82) is 0 Å². The molecule has 29 heavy (non-hydrogen) atoms. The quantitative estimate of drug-likeness (QED) is 0.422. The predicted octanol–water partition coefficient (Wildman–Crippen LogP) is 4.43. The van der Waals surface area contributed by atoms with Gasteiger partial charge in [0.15, 0.2) is 11.5 Å². The number of carbonyl (C=O) groups is 2. The second kappa shape index (κ2) is 12.1. The molecular formula is C23H33NO5. The fourth-order valence-corrected chi connectivity index (χ4v) is 3.47. The van der Waals surface area contributed by atoms with Gasteiger partial charge in [-0.05, 0) is 74.6 Å². The van der Waals surface area contributed by atoms with Gasteiger partial charge >= 0.3 is 5.97 Å². The maximum atomic E-state index is 12.2. The summed E-state index contributed by atoms with van der Waals surface area (Å²) in [6, 6.07) is 5.83. The monoisotopic (exact) mass is 403 g/mol. The number of ether oxygens (including phenoxy) is 2. The number of unbranched alkanes of at least 4 members (excludes halogenated alkanes) is 2. The van der Waals surface area contributed by atoms with Gasteiger partial charge in [0.25, 0.3) is 0 Å². The maximum Gasteiger partial charge on any atom is 0.303 e. The zero-order chi connectivity index (χ0) is 21.1. The number of carboxylic acids is 1. The van der Waals surface area contributed by atoms with Crippen LogP contribution in [0.15, 0.2) is 24.3 Å². The summed E-state index contributed by atoms with van der Waals surface area (Å²) in [5, 5.41) is 11.7. The molecular weight excluding hydrogens is 370 g/mol. The van der Waals surface area contributed by atoms with E-state index in [9.17, 15) is 9.59 Å². The molecule has 1 aliphatic carbocycles. The van der Waals surface area contributed by atoms with E-state index >= 15 is 0 Å². The third-order valence-electron chi connectivity index (χ3n) is 5.27. The van der Waals surface area contributed by atoms with Crippen molar-refractivity contribution < 1.29 is 24.2 Å². The van der Waals surface area contributed by atoms with Gasteiger partial charge in [-0.3, -0.25) is 9.59 Å². The summed E-state index contributed by atoms with van der Waals surface area (Å²) in [5.74, 6) is 1.18. The van der Waals surface area contributed by atoms with E-state index in [1.54, 1.807) is 19.3 Å². The molecule has 1 fully saturated rings. The summed E-state index contributed by atoms with van der Waals surface area (Å²) in [5.41, 5.74) is 0.864. The summed E-state index contributed by atoms with van der Waals surface area (Å²) < 4.78 is 11.1. The van der Waals surface area contributed by atoms with Crippen molar-refractivity contribution in [2.75, 3.05) is 13.7 Å². The minimum absolute atomic E-state index is 0.0646. The number of methoxy groups -OCH3 is 1. The molecule has 2 N–H and O–H groups in total. The number of hydrogen-bond acceptors (Lipinski definition) is 4. The van der Waals surface area contributed by atoms with E-state index in [4.69, 9.17) is 14.6 Å². The van der Waals surface area contributed by atoms with E-state index in [1.165, 1.54) is 12.8 Å².